The van der Waals surface area contributed by atoms with Gasteiger partial charge < -0.3 is 10.1 Å². The van der Waals surface area contributed by atoms with Gasteiger partial charge >= 0.3 is 0 Å². The number of amides is 1. The highest BCUT2D eigenvalue weighted by Crippen LogP contribution is 2.21. The number of nitrogens with one attached hydrogen (secondary N) is 1. The number of carbonyl (C=O) groups is 1. The first-order valence-corrected chi connectivity index (χ1v) is 8.99. The molecule has 1 aromatic heterocycles. The number of rotatable bonds is 9. The van der Waals surface area contributed by atoms with Crippen LogP contribution in [0.3, 0.4) is 0 Å². The molecule has 1 aromatic carbocycles. The predicted molar refractivity (Wildman–Crippen MR) is 95.7 cm³/mol. The summed E-state index contributed by atoms with van der Waals surface area (Å²) in [4.78, 5) is 11.8. The minimum absolute atomic E-state index is 0.0131. The molecule has 0 aliphatic heterocycles. The summed E-state index contributed by atoms with van der Waals surface area (Å²) >= 11 is 1.38. The minimum Gasteiger partial charge on any atom is -0.385 e. The Morgan fingerprint density at radius 1 is 1.33 bits per heavy atom. The van der Waals surface area contributed by atoms with E-state index in [0.29, 0.717) is 30.0 Å². The van der Waals surface area contributed by atoms with E-state index in [2.05, 4.69) is 41.5 Å². The largest absolute Gasteiger partial charge is 0.385 e. The van der Waals surface area contributed by atoms with Gasteiger partial charge in [-0.1, -0.05) is 37.7 Å². The van der Waals surface area contributed by atoms with E-state index in [1.54, 1.807) is 13.4 Å². The SMILES string of the molecule is COCCCNC(=O)CSc1nncn1-c1ccc(C(C)C)cc1. The topological polar surface area (TPSA) is 69.0 Å². The summed E-state index contributed by atoms with van der Waals surface area (Å²) in [6.45, 7) is 5.60. The van der Waals surface area contributed by atoms with Gasteiger partial charge in [0.05, 0.1) is 5.75 Å². The van der Waals surface area contributed by atoms with Crippen molar-refractivity contribution in [3.8, 4) is 5.69 Å². The van der Waals surface area contributed by atoms with E-state index < -0.39 is 0 Å². The maximum absolute atomic E-state index is 11.8. The number of thioether (sulfide) groups is 1. The number of nitrogens with zero attached hydrogens (tertiary/aromatic N) is 3. The fraction of sp³-hybridized carbons (Fsp3) is 0.471. The predicted octanol–water partition coefficient (Wildman–Crippen LogP) is 2.64. The maximum atomic E-state index is 11.8. The van der Waals surface area contributed by atoms with Crippen molar-refractivity contribution in [3.05, 3.63) is 36.2 Å². The van der Waals surface area contributed by atoms with Crippen LogP contribution in [0.1, 0.15) is 31.7 Å². The van der Waals surface area contributed by atoms with Gasteiger partial charge in [0.25, 0.3) is 0 Å². The summed E-state index contributed by atoms with van der Waals surface area (Å²) in [6, 6.07) is 8.31. The third-order valence-electron chi connectivity index (χ3n) is 3.53. The molecule has 0 saturated heterocycles. The minimum atomic E-state index is -0.0131. The number of hydrogen-bond acceptors (Lipinski definition) is 5. The normalized spacial score (nSPS) is 11.0. The van der Waals surface area contributed by atoms with E-state index >= 15 is 0 Å². The van der Waals surface area contributed by atoms with Crippen LogP contribution >= 0.6 is 11.8 Å². The lowest BCUT2D eigenvalue weighted by Crippen LogP contribution is -2.26. The Labute approximate surface area is 147 Å². The molecular weight excluding hydrogens is 324 g/mol. The van der Waals surface area contributed by atoms with Crippen LogP contribution in [0.4, 0.5) is 0 Å². The highest BCUT2D eigenvalue weighted by Gasteiger charge is 2.10. The number of benzene rings is 1. The van der Waals surface area contributed by atoms with Crippen LogP contribution in [0.2, 0.25) is 0 Å². The Bertz CT molecular complexity index is 640. The Morgan fingerprint density at radius 2 is 2.08 bits per heavy atom. The Hall–Kier alpha value is -1.86. The molecule has 0 aliphatic rings. The summed E-state index contributed by atoms with van der Waals surface area (Å²) in [7, 11) is 1.65. The van der Waals surface area contributed by atoms with E-state index in [1.807, 2.05) is 16.7 Å². The molecule has 0 radical (unpaired) electrons. The average Bonchev–Trinajstić information content (AvgIpc) is 3.05. The molecule has 0 fully saturated rings. The second kappa shape index (κ2) is 9.44. The molecule has 7 heteroatoms. The van der Waals surface area contributed by atoms with Gasteiger partial charge in [0, 0.05) is 25.9 Å². The molecule has 1 heterocycles. The summed E-state index contributed by atoms with van der Waals surface area (Å²) in [5.41, 5.74) is 2.28. The van der Waals surface area contributed by atoms with Crippen molar-refractivity contribution in [1.82, 2.24) is 20.1 Å². The molecule has 2 aromatic rings. The molecule has 0 bridgehead atoms. The summed E-state index contributed by atoms with van der Waals surface area (Å²) in [5, 5.41) is 11.6. The second-order valence-corrected chi connectivity index (χ2v) is 6.66. The highest BCUT2D eigenvalue weighted by molar-refractivity contribution is 7.99. The number of methoxy groups -OCH3 is 1. The zero-order valence-corrected chi connectivity index (χ0v) is 15.2. The van der Waals surface area contributed by atoms with Crippen LogP contribution in [-0.4, -0.2) is 46.7 Å². The van der Waals surface area contributed by atoms with Gasteiger partial charge in [0.15, 0.2) is 5.16 Å². The van der Waals surface area contributed by atoms with Crippen LogP contribution in [0.25, 0.3) is 5.69 Å². The molecule has 0 atom stereocenters. The van der Waals surface area contributed by atoms with Crippen molar-refractivity contribution in [2.75, 3.05) is 26.0 Å². The second-order valence-electron chi connectivity index (χ2n) is 5.71. The number of ether oxygens (including phenoxy) is 1. The summed E-state index contributed by atoms with van der Waals surface area (Å²) in [5.74, 6) is 0.798. The summed E-state index contributed by atoms with van der Waals surface area (Å²) < 4.78 is 6.85. The first-order chi connectivity index (χ1) is 11.6. The molecule has 1 amide bonds. The Kier molecular flexibility index (Phi) is 7.27. The van der Waals surface area contributed by atoms with Crippen molar-refractivity contribution < 1.29 is 9.53 Å². The number of carbonyl (C=O) groups excluding carboxylic acids is 1. The lowest BCUT2D eigenvalue weighted by atomic mass is 10.0. The third-order valence-corrected chi connectivity index (χ3v) is 4.48. The standard InChI is InChI=1S/C17H24N4O2S/c1-13(2)14-5-7-15(8-6-14)21-12-19-20-17(21)24-11-16(22)18-9-4-10-23-3/h5-8,12-13H,4,9-11H2,1-3H3,(H,18,22). The van der Waals surface area contributed by atoms with E-state index in [4.69, 9.17) is 4.74 Å². The van der Waals surface area contributed by atoms with Gasteiger partial charge in [-0.05, 0) is 30.0 Å². The molecule has 0 spiro atoms. The van der Waals surface area contributed by atoms with Crippen LogP contribution < -0.4 is 5.32 Å². The fourth-order valence-corrected chi connectivity index (χ4v) is 2.90. The molecule has 1 N–H and O–H groups in total. The monoisotopic (exact) mass is 348 g/mol. The molecule has 6 nitrogen and oxygen atoms in total. The van der Waals surface area contributed by atoms with Crippen molar-refractivity contribution in [2.45, 2.75) is 31.3 Å². The third kappa shape index (κ3) is 5.35. The lowest BCUT2D eigenvalue weighted by Gasteiger charge is -2.09. The van der Waals surface area contributed by atoms with Crippen molar-refractivity contribution in [2.24, 2.45) is 0 Å². The van der Waals surface area contributed by atoms with E-state index in [1.165, 1.54) is 17.3 Å². The zero-order chi connectivity index (χ0) is 17.4. The quantitative estimate of drug-likeness (QED) is 0.557. The maximum Gasteiger partial charge on any atom is 0.230 e. The van der Waals surface area contributed by atoms with Crippen LogP contribution in [0, 0.1) is 0 Å². The van der Waals surface area contributed by atoms with Crippen molar-refractivity contribution >= 4 is 17.7 Å². The van der Waals surface area contributed by atoms with Crippen molar-refractivity contribution in [1.29, 1.82) is 0 Å². The van der Waals surface area contributed by atoms with Gasteiger partial charge in [0.2, 0.25) is 5.91 Å². The van der Waals surface area contributed by atoms with Gasteiger partial charge in [0.1, 0.15) is 6.33 Å². The fourth-order valence-electron chi connectivity index (χ4n) is 2.15. The van der Waals surface area contributed by atoms with Crippen LogP contribution in [-0.2, 0) is 9.53 Å². The first kappa shape index (κ1) is 18.5. The van der Waals surface area contributed by atoms with E-state index in [-0.39, 0.29) is 5.91 Å². The van der Waals surface area contributed by atoms with E-state index in [9.17, 15) is 4.79 Å². The molecule has 0 aliphatic carbocycles. The summed E-state index contributed by atoms with van der Waals surface area (Å²) in [6.07, 6.45) is 2.48. The molecule has 0 saturated carbocycles. The Balaban J connectivity index is 1.91. The van der Waals surface area contributed by atoms with Gasteiger partial charge in [-0.15, -0.1) is 10.2 Å². The van der Waals surface area contributed by atoms with E-state index in [0.717, 1.165) is 12.1 Å². The van der Waals surface area contributed by atoms with Crippen LogP contribution in [0.5, 0.6) is 0 Å². The number of hydrogen-bond donors (Lipinski definition) is 1. The highest BCUT2D eigenvalue weighted by atomic mass is 32.2. The molecule has 24 heavy (non-hydrogen) atoms. The zero-order valence-electron chi connectivity index (χ0n) is 14.4. The smallest absolute Gasteiger partial charge is 0.230 e. The molecule has 0 unspecified atom stereocenters. The molecule has 2 rings (SSSR count). The average molecular weight is 348 g/mol. The molecular formula is C17H24N4O2S. The van der Waals surface area contributed by atoms with Crippen molar-refractivity contribution in [3.63, 3.8) is 0 Å². The van der Waals surface area contributed by atoms with Gasteiger partial charge in [-0.25, -0.2) is 0 Å². The van der Waals surface area contributed by atoms with Gasteiger partial charge in [-0.3, -0.25) is 9.36 Å². The molecule has 130 valence electrons. The number of aromatic nitrogens is 3. The first-order valence-electron chi connectivity index (χ1n) is 8.00. The van der Waals surface area contributed by atoms with Crippen LogP contribution in [0.15, 0.2) is 35.7 Å². The Morgan fingerprint density at radius 3 is 2.75 bits per heavy atom. The van der Waals surface area contributed by atoms with Gasteiger partial charge in [-0.2, -0.15) is 0 Å². The lowest BCUT2D eigenvalue weighted by molar-refractivity contribution is -0.118.